The summed E-state index contributed by atoms with van der Waals surface area (Å²) in [4.78, 5) is 2.76. The quantitative estimate of drug-likeness (QED) is 0.844. The summed E-state index contributed by atoms with van der Waals surface area (Å²) in [5, 5.41) is 0. The van der Waals surface area contributed by atoms with Gasteiger partial charge in [-0.25, -0.2) is 0 Å². The van der Waals surface area contributed by atoms with E-state index in [0.29, 0.717) is 11.5 Å². The number of likely N-dealkylation sites (N-methyl/N-ethyl adjacent to an activating group) is 1. The van der Waals surface area contributed by atoms with Gasteiger partial charge >= 0.3 is 0 Å². The molecule has 1 aromatic carbocycles. The van der Waals surface area contributed by atoms with E-state index in [1.165, 1.54) is 5.56 Å². The van der Waals surface area contributed by atoms with Gasteiger partial charge in [0.1, 0.15) is 0 Å². The van der Waals surface area contributed by atoms with E-state index >= 15 is 0 Å². The van der Waals surface area contributed by atoms with Gasteiger partial charge in [-0.15, -0.1) is 0 Å². The molecule has 0 radical (unpaired) electrons. The van der Waals surface area contributed by atoms with Crippen molar-refractivity contribution < 1.29 is 0 Å². The summed E-state index contributed by atoms with van der Waals surface area (Å²) in [6, 6.07) is 8.27. The second-order valence-electron chi connectivity index (χ2n) is 3.40. The van der Waals surface area contributed by atoms with Crippen molar-refractivity contribution in [3.05, 3.63) is 34.3 Å². The molecular weight excluding hydrogens is 272 g/mol. The fourth-order valence-corrected chi connectivity index (χ4v) is 2.02. The van der Waals surface area contributed by atoms with Gasteiger partial charge in [0.2, 0.25) is 0 Å². The van der Waals surface area contributed by atoms with Gasteiger partial charge in [0.25, 0.3) is 0 Å². The van der Waals surface area contributed by atoms with Crippen molar-refractivity contribution in [2.75, 3.05) is 13.1 Å². The highest BCUT2D eigenvalue weighted by molar-refractivity contribution is 9.10. The fraction of sp³-hybridized carbons (Fsp3) is 0.364. The molecule has 0 unspecified atom stereocenters. The lowest BCUT2D eigenvalue weighted by molar-refractivity contribution is 0.321. The van der Waals surface area contributed by atoms with Crippen molar-refractivity contribution in [2.24, 2.45) is 5.73 Å². The Bertz CT molecular complexity index is 341. The van der Waals surface area contributed by atoms with Crippen LogP contribution in [0.5, 0.6) is 0 Å². The first-order chi connectivity index (χ1) is 7.11. The highest BCUT2D eigenvalue weighted by atomic mass is 79.9. The van der Waals surface area contributed by atoms with E-state index in [1.54, 1.807) is 0 Å². The maximum absolute atomic E-state index is 5.53. The van der Waals surface area contributed by atoms with E-state index in [-0.39, 0.29) is 0 Å². The summed E-state index contributed by atoms with van der Waals surface area (Å²) in [7, 11) is 0. The highest BCUT2D eigenvalue weighted by Crippen LogP contribution is 2.13. The van der Waals surface area contributed by atoms with Crippen molar-refractivity contribution in [3.63, 3.8) is 0 Å². The number of benzene rings is 1. The van der Waals surface area contributed by atoms with Crippen LogP contribution < -0.4 is 5.73 Å². The largest absolute Gasteiger partial charge is 0.392 e. The number of nitrogens with two attached hydrogens (primary N) is 1. The normalized spacial score (nSPS) is 10.6. The van der Waals surface area contributed by atoms with E-state index in [0.717, 1.165) is 17.6 Å². The monoisotopic (exact) mass is 286 g/mol. The zero-order chi connectivity index (χ0) is 11.3. The second kappa shape index (κ2) is 6.20. The molecule has 0 aromatic heterocycles. The molecule has 0 spiro atoms. The third-order valence-corrected chi connectivity index (χ3v) is 2.74. The van der Waals surface area contributed by atoms with Gasteiger partial charge in [0, 0.05) is 17.6 Å². The lowest BCUT2D eigenvalue weighted by Gasteiger charge is -2.19. The van der Waals surface area contributed by atoms with E-state index in [4.69, 9.17) is 18.0 Å². The number of hydrogen-bond donors (Lipinski definition) is 1. The Labute approximate surface area is 105 Å². The maximum atomic E-state index is 5.53. The van der Waals surface area contributed by atoms with Crippen molar-refractivity contribution in [3.8, 4) is 0 Å². The molecule has 0 amide bonds. The van der Waals surface area contributed by atoms with Crippen LogP contribution >= 0.6 is 28.1 Å². The number of hydrogen-bond acceptors (Lipinski definition) is 2. The molecule has 2 N–H and O–H groups in total. The minimum Gasteiger partial charge on any atom is -0.392 e. The van der Waals surface area contributed by atoms with Crippen LogP contribution in [0.15, 0.2) is 28.7 Å². The average Bonchev–Trinajstić information content (AvgIpc) is 2.16. The highest BCUT2D eigenvalue weighted by Gasteiger charge is 2.04. The molecule has 15 heavy (non-hydrogen) atoms. The first-order valence-electron chi connectivity index (χ1n) is 4.87. The molecule has 4 heteroatoms. The van der Waals surface area contributed by atoms with E-state index < -0.39 is 0 Å². The Morgan fingerprint density at radius 1 is 1.53 bits per heavy atom. The molecule has 82 valence electrons. The van der Waals surface area contributed by atoms with Crippen LogP contribution in [0.2, 0.25) is 0 Å². The van der Waals surface area contributed by atoms with Crippen LogP contribution in [-0.4, -0.2) is 23.0 Å². The average molecular weight is 287 g/mol. The van der Waals surface area contributed by atoms with Gasteiger partial charge in [-0.2, -0.15) is 0 Å². The molecule has 0 aliphatic heterocycles. The van der Waals surface area contributed by atoms with E-state index in [2.05, 4.69) is 39.9 Å². The lowest BCUT2D eigenvalue weighted by atomic mass is 10.2. The van der Waals surface area contributed by atoms with E-state index in [9.17, 15) is 0 Å². The topological polar surface area (TPSA) is 29.3 Å². The van der Waals surface area contributed by atoms with Gasteiger partial charge in [-0.1, -0.05) is 47.2 Å². The predicted octanol–water partition coefficient (Wildman–Crippen LogP) is 2.56. The molecule has 0 atom stereocenters. The Morgan fingerprint density at radius 3 is 2.80 bits per heavy atom. The molecule has 0 saturated heterocycles. The summed E-state index contributed by atoms with van der Waals surface area (Å²) < 4.78 is 1.10. The summed E-state index contributed by atoms with van der Waals surface area (Å²) in [6.07, 6.45) is 0. The molecule has 0 heterocycles. The summed E-state index contributed by atoms with van der Waals surface area (Å²) in [5.74, 6) is 0. The van der Waals surface area contributed by atoms with Gasteiger partial charge in [0.05, 0.1) is 4.99 Å². The van der Waals surface area contributed by atoms with Crippen LogP contribution in [0, 0.1) is 0 Å². The molecule has 0 aliphatic carbocycles. The van der Waals surface area contributed by atoms with Crippen LogP contribution in [0.3, 0.4) is 0 Å². The fourth-order valence-electron chi connectivity index (χ4n) is 1.39. The zero-order valence-corrected chi connectivity index (χ0v) is 11.1. The molecule has 2 nitrogen and oxygen atoms in total. The van der Waals surface area contributed by atoms with Crippen molar-refractivity contribution in [2.45, 2.75) is 13.5 Å². The number of thiocarbonyl (C=S) groups is 1. The molecule has 0 bridgehead atoms. The minimum atomic E-state index is 0.548. The third kappa shape index (κ3) is 4.73. The van der Waals surface area contributed by atoms with Gasteiger partial charge in [-0.05, 0) is 24.2 Å². The Morgan fingerprint density at radius 2 is 2.27 bits per heavy atom. The summed E-state index contributed by atoms with van der Waals surface area (Å²) in [6.45, 7) is 4.62. The molecule has 0 fully saturated rings. The number of rotatable bonds is 5. The molecular formula is C11H15BrN2S. The van der Waals surface area contributed by atoms with Gasteiger partial charge in [0.15, 0.2) is 0 Å². The Balaban J connectivity index is 2.62. The number of halogens is 1. The Kier molecular flexibility index (Phi) is 5.22. The smallest absolute Gasteiger partial charge is 0.0870 e. The van der Waals surface area contributed by atoms with Gasteiger partial charge in [-0.3, -0.25) is 4.90 Å². The molecule has 1 rings (SSSR count). The lowest BCUT2D eigenvalue weighted by Crippen LogP contribution is -2.32. The van der Waals surface area contributed by atoms with Crippen molar-refractivity contribution >= 4 is 33.1 Å². The van der Waals surface area contributed by atoms with Crippen molar-refractivity contribution in [1.82, 2.24) is 4.90 Å². The second-order valence-corrected chi connectivity index (χ2v) is 4.84. The van der Waals surface area contributed by atoms with Crippen LogP contribution in [0.1, 0.15) is 12.5 Å². The van der Waals surface area contributed by atoms with Crippen molar-refractivity contribution in [1.29, 1.82) is 0 Å². The molecule has 1 aromatic rings. The van der Waals surface area contributed by atoms with E-state index in [1.807, 2.05) is 12.1 Å². The minimum absolute atomic E-state index is 0.548. The summed E-state index contributed by atoms with van der Waals surface area (Å²) >= 11 is 8.36. The Hall–Kier alpha value is -0.450. The molecule has 0 saturated carbocycles. The zero-order valence-electron chi connectivity index (χ0n) is 8.74. The maximum Gasteiger partial charge on any atom is 0.0870 e. The standard InChI is InChI=1S/C11H15BrN2S/c1-2-14(8-11(13)15)7-9-4-3-5-10(12)6-9/h3-6H,2,7-8H2,1H3,(H2,13,15). The predicted molar refractivity (Wildman–Crippen MR) is 71.9 cm³/mol. The van der Waals surface area contributed by atoms with Crippen LogP contribution in [0.25, 0.3) is 0 Å². The molecule has 0 aliphatic rings. The first-order valence-corrected chi connectivity index (χ1v) is 6.07. The first kappa shape index (κ1) is 12.6. The SMILES string of the molecule is CCN(CC(N)=S)Cc1cccc(Br)c1. The van der Waals surface area contributed by atoms with Crippen LogP contribution in [-0.2, 0) is 6.54 Å². The van der Waals surface area contributed by atoms with Gasteiger partial charge < -0.3 is 5.73 Å². The summed E-state index contributed by atoms with van der Waals surface area (Å²) in [5.41, 5.74) is 6.80. The third-order valence-electron chi connectivity index (χ3n) is 2.12. The number of nitrogens with zero attached hydrogens (tertiary/aromatic N) is 1. The van der Waals surface area contributed by atoms with Crippen LogP contribution in [0.4, 0.5) is 0 Å².